The van der Waals surface area contributed by atoms with Crippen LogP contribution in [0, 0.1) is 5.82 Å². The first kappa shape index (κ1) is 14.5. The van der Waals surface area contributed by atoms with Crippen LogP contribution in [0.15, 0.2) is 24.3 Å². The maximum atomic E-state index is 13.1. The van der Waals surface area contributed by atoms with Gasteiger partial charge >= 0.3 is 0 Å². The van der Waals surface area contributed by atoms with E-state index in [0.717, 1.165) is 18.5 Å². The first-order chi connectivity index (χ1) is 9.15. The first-order valence-electron chi connectivity index (χ1n) is 7.33. The number of halogens is 1. The summed E-state index contributed by atoms with van der Waals surface area (Å²) in [6.45, 7) is 4.42. The number of benzene rings is 1. The molecule has 1 aliphatic heterocycles. The SMILES string of the molecule is CC(Cc1cccc(F)c1)NCC1CCCCN1C. The average molecular weight is 264 g/mol. The minimum atomic E-state index is -0.142. The highest BCUT2D eigenvalue weighted by atomic mass is 19.1. The van der Waals surface area contributed by atoms with E-state index in [1.165, 1.54) is 31.9 Å². The van der Waals surface area contributed by atoms with E-state index in [1.807, 2.05) is 6.07 Å². The topological polar surface area (TPSA) is 15.3 Å². The number of likely N-dealkylation sites (N-methyl/N-ethyl adjacent to an activating group) is 1. The number of hydrogen-bond acceptors (Lipinski definition) is 2. The molecular weight excluding hydrogens is 239 g/mol. The Morgan fingerprint density at radius 1 is 1.42 bits per heavy atom. The predicted molar refractivity (Wildman–Crippen MR) is 77.8 cm³/mol. The van der Waals surface area contributed by atoms with Crippen LogP contribution in [0.4, 0.5) is 4.39 Å². The van der Waals surface area contributed by atoms with Crippen molar-refractivity contribution in [2.45, 2.75) is 44.7 Å². The van der Waals surface area contributed by atoms with Crippen LogP contribution in [0.25, 0.3) is 0 Å². The zero-order valence-electron chi connectivity index (χ0n) is 12.0. The van der Waals surface area contributed by atoms with E-state index >= 15 is 0 Å². The molecule has 1 aliphatic rings. The summed E-state index contributed by atoms with van der Waals surface area (Å²) >= 11 is 0. The second-order valence-electron chi connectivity index (χ2n) is 5.77. The average Bonchev–Trinajstić information content (AvgIpc) is 2.38. The molecule has 19 heavy (non-hydrogen) atoms. The van der Waals surface area contributed by atoms with Gasteiger partial charge in [-0.15, -0.1) is 0 Å². The second-order valence-corrected chi connectivity index (χ2v) is 5.77. The van der Waals surface area contributed by atoms with E-state index in [9.17, 15) is 4.39 Å². The van der Waals surface area contributed by atoms with Crippen LogP contribution in [0.3, 0.4) is 0 Å². The Hall–Kier alpha value is -0.930. The van der Waals surface area contributed by atoms with E-state index in [2.05, 4.69) is 24.2 Å². The molecule has 1 N–H and O–H groups in total. The highest BCUT2D eigenvalue weighted by molar-refractivity contribution is 5.17. The van der Waals surface area contributed by atoms with Crippen molar-refractivity contribution < 1.29 is 4.39 Å². The fraction of sp³-hybridized carbons (Fsp3) is 0.625. The minimum Gasteiger partial charge on any atom is -0.312 e. The third-order valence-electron chi connectivity index (χ3n) is 4.05. The van der Waals surface area contributed by atoms with Crippen molar-refractivity contribution in [3.63, 3.8) is 0 Å². The van der Waals surface area contributed by atoms with Gasteiger partial charge in [-0.3, -0.25) is 0 Å². The first-order valence-corrected chi connectivity index (χ1v) is 7.33. The summed E-state index contributed by atoms with van der Waals surface area (Å²) < 4.78 is 13.1. The molecule has 1 saturated heterocycles. The number of likely N-dealkylation sites (tertiary alicyclic amines) is 1. The Balaban J connectivity index is 1.76. The monoisotopic (exact) mass is 264 g/mol. The molecule has 106 valence electrons. The van der Waals surface area contributed by atoms with E-state index in [4.69, 9.17) is 0 Å². The van der Waals surface area contributed by atoms with Crippen molar-refractivity contribution in [2.24, 2.45) is 0 Å². The van der Waals surface area contributed by atoms with Gasteiger partial charge in [0.25, 0.3) is 0 Å². The summed E-state index contributed by atoms with van der Waals surface area (Å²) in [5.41, 5.74) is 1.07. The summed E-state index contributed by atoms with van der Waals surface area (Å²) in [7, 11) is 2.21. The van der Waals surface area contributed by atoms with Gasteiger partial charge in [-0.05, 0) is 57.5 Å². The molecule has 0 saturated carbocycles. The van der Waals surface area contributed by atoms with Gasteiger partial charge in [-0.2, -0.15) is 0 Å². The van der Waals surface area contributed by atoms with Crippen molar-refractivity contribution in [2.75, 3.05) is 20.1 Å². The van der Waals surface area contributed by atoms with Gasteiger partial charge in [0, 0.05) is 18.6 Å². The van der Waals surface area contributed by atoms with Gasteiger partial charge in [0.15, 0.2) is 0 Å². The molecule has 0 aliphatic carbocycles. The largest absolute Gasteiger partial charge is 0.312 e. The van der Waals surface area contributed by atoms with Gasteiger partial charge in [0.05, 0.1) is 0 Å². The number of nitrogens with zero attached hydrogens (tertiary/aromatic N) is 1. The summed E-state index contributed by atoms with van der Waals surface area (Å²) in [5.74, 6) is -0.142. The molecule has 0 aromatic heterocycles. The van der Waals surface area contributed by atoms with Crippen LogP contribution < -0.4 is 5.32 Å². The number of rotatable bonds is 5. The molecule has 3 heteroatoms. The highest BCUT2D eigenvalue weighted by Crippen LogP contribution is 2.14. The Kier molecular flexibility index (Phi) is 5.34. The number of hydrogen-bond donors (Lipinski definition) is 1. The molecule has 2 nitrogen and oxygen atoms in total. The Labute approximate surface area is 116 Å². The zero-order valence-corrected chi connectivity index (χ0v) is 12.0. The van der Waals surface area contributed by atoms with Gasteiger partial charge in [0.2, 0.25) is 0 Å². The molecule has 0 amide bonds. The molecule has 2 rings (SSSR count). The molecule has 1 heterocycles. The van der Waals surface area contributed by atoms with E-state index in [-0.39, 0.29) is 5.82 Å². The smallest absolute Gasteiger partial charge is 0.123 e. The molecule has 2 atom stereocenters. The van der Waals surface area contributed by atoms with Crippen molar-refractivity contribution in [3.8, 4) is 0 Å². The standard InChI is InChI=1S/C16H25FN2/c1-13(10-14-6-5-7-15(17)11-14)18-12-16-8-3-4-9-19(16)2/h5-7,11,13,16,18H,3-4,8-10,12H2,1-2H3. The van der Waals surface area contributed by atoms with Crippen LogP contribution in [0.2, 0.25) is 0 Å². The lowest BCUT2D eigenvalue weighted by atomic mass is 10.0. The number of nitrogens with one attached hydrogen (secondary N) is 1. The van der Waals surface area contributed by atoms with Crippen molar-refractivity contribution in [1.82, 2.24) is 10.2 Å². The molecular formula is C16H25FN2. The molecule has 1 aromatic rings. The fourth-order valence-corrected chi connectivity index (χ4v) is 2.83. The van der Waals surface area contributed by atoms with Crippen molar-refractivity contribution in [3.05, 3.63) is 35.6 Å². The molecule has 0 bridgehead atoms. The summed E-state index contributed by atoms with van der Waals surface area (Å²) in [4.78, 5) is 2.45. The fourth-order valence-electron chi connectivity index (χ4n) is 2.83. The third kappa shape index (κ3) is 4.59. The van der Waals surface area contributed by atoms with Crippen LogP contribution in [0.5, 0.6) is 0 Å². The Morgan fingerprint density at radius 2 is 2.26 bits per heavy atom. The van der Waals surface area contributed by atoms with Crippen LogP contribution in [-0.4, -0.2) is 37.1 Å². The molecule has 0 radical (unpaired) electrons. The highest BCUT2D eigenvalue weighted by Gasteiger charge is 2.18. The van der Waals surface area contributed by atoms with Crippen LogP contribution in [-0.2, 0) is 6.42 Å². The normalized spacial score (nSPS) is 22.4. The summed E-state index contributed by atoms with van der Waals surface area (Å²) in [5, 5.41) is 3.59. The van der Waals surface area contributed by atoms with Gasteiger partial charge in [-0.25, -0.2) is 4.39 Å². The Bertz CT molecular complexity index is 394. The van der Waals surface area contributed by atoms with Crippen LogP contribution >= 0.6 is 0 Å². The third-order valence-corrected chi connectivity index (χ3v) is 4.05. The maximum absolute atomic E-state index is 13.1. The maximum Gasteiger partial charge on any atom is 0.123 e. The van der Waals surface area contributed by atoms with E-state index in [0.29, 0.717) is 12.1 Å². The quantitative estimate of drug-likeness (QED) is 0.880. The minimum absolute atomic E-state index is 0.142. The van der Waals surface area contributed by atoms with Crippen molar-refractivity contribution >= 4 is 0 Å². The summed E-state index contributed by atoms with van der Waals surface area (Å²) in [6, 6.07) is 7.95. The number of piperidine rings is 1. The molecule has 1 aromatic carbocycles. The van der Waals surface area contributed by atoms with E-state index in [1.54, 1.807) is 12.1 Å². The second kappa shape index (κ2) is 7.01. The van der Waals surface area contributed by atoms with Crippen molar-refractivity contribution in [1.29, 1.82) is 0 Å². The lowest BCUT2D eigenvalue weighted by Gasteiger charge is -2.33. The molecule has 2 unspecified atom stereocenters. The van der Waals surface area contributed by atoms with Gasteiger partial charge < -0.3 is 10.2 Å². The lowest BCUT2D eigenvalue weighted by molar-refractivity contribution is 0.178. The van der Waals surface area contributed by atoms with Gasteiger partial charge in [-0.1, -0.05) is 18.6 Å². The Morgan fingerprint density at radius 3 is 3.00 bits per heavy atom. The van der Waals surface area contributed by atoms with Crippen LogP contribution in [0.1, 0.15) is 31.7 Å². The lowest BCUT2D eigenvalue weighted by Crippen LogP contribution is -2.45. The van der Waals surface area contributed by atoms with Gasteiger partial charge in [0.1, 0.15) is 5.82 Å². The predicted octanol–water partition coefficient (Wildman–Crippen LogP) is 2.83. The molecule has 0 spiro atoms. The summed E-state index contributed by atoms with van der Waals surface area (Å²) in [6.07, 6.45) is 4.84. The molecule has 1 fully saturated rings. The van der Waals surface area contributed by atoms with E-state index < -0.39 is 0 Å². The zero-order chi connectivity index (χ0) is 13.7.